The Kier molecular flexibility index (Phi) is 7.50. The molecule has 0 aliphatic heterocycles. The van der Waals surface area contributed by atoms with Crippen LogP contribution in [0.4, 0.5) is 10.5 Å². The molecule has 2 N–H and O–H groups in total. The number of anilines is 1. The minimum Gasteiger partial charge on any atom is -0.444 e. The third-order valence-corrected chi connectivity index (χ3v) is 3.37. The number of halogens is 1. The first-order valence-electron chi connectivity index (χ1n) is 7.20. The molecule has 23 heavy (non-hydrogen) atoms. The largest absolute Gasteiger partial charge is 0.444 e. The highest BCUT2D eigenvalue weighted by atomic mass is 79.9. The molecule has 0 aliphatic rings. The van der Waals surface area contributed by atoms with E-state index in [-0.39, 0.29) is 5.56 Å². The zero-order valence-electron chi connectivity index (χ0n) is 13.8. The zero-order chi connectivity index (χ0) is 17.5. The predicted molar refractivity (Wildman–Crippen MR) is 90.8 cm³/mol. The van der Waals surface area contributed by atoms with Crippen LogP contribution in [0, 0.1) is 0 Å². The second-order valence-electron chi connectivity index (χ2n) is 5.75. The predicted octanol–water partition coefficient (Wildman–Crippen LogP) is 1.59. The molecule has 130 valence electrons. The Morgan fingerprint density at radius 2 is 2.09 bits per heavy atom. The number of aromatic nitrogens is 2. The van der Waals surface area contributed by atoms with Gasteiger partial charge in [-0.3, -0.25) is 4.79 Å². The van der Waals surface area contributed by atoms with Crippen LogP contribution in [0.25, 0.3) is 0 Å². The molecule has 0 saturated heterocycles. The van der Waals surface area contributed by atoms with Crippen LogP contribution < -0.4 is 16.2 Å². The van der Waals surface area contributed by atoms with E-state index in [1.165, 1.54) is 4.68 Å². The second kappa shape index (κ2) is 8.88. The summed E-state index contributed by atoms with van der Waals surface area (Å²) in [4.78, 5) is 23.5. The fourth-order valence-electron chi connectivity index (χ4n) is 1.60. The number of rotatable bonds is 7. The standard InChI is InChI=1S/C14H23BrN4O4/c1-14(2,3)23-13(21)17-6-5-16-10-9-18-19(7-8-22-4)12(20)11(10)15/h9,16H,5-8H2,1-4H3,(H,17,21). The summed E-state index contributed by atoms with van der Waals surface area (Å²) in [6.07, 6.45) is 1.07. The minimum atomic E-state index is -0.531. The topological polar surface area (TPSA) is 94.5 Å². The first kappa shape index (κ1) is 19.4. The number of carbonyl (C=O) groups is 1. The van der Waals surface area contributed by atoms with Gasteiger partial charge < -0.3 is 20.1 Å². The lowest BCUT2D eigenvalue weighted by molar-refractivity contribution is 0.0530. The zero-order valence-corrected chi connectivity index (χ0v) is 15.4. The van der Waals surface area contributed by atoms with Crippen LogP contribution in [0.2, 0.25) is 0 Å². The van der Waals surface area contributed by atoms with E-state index in [0.29, 0.717) is 36.4 Å². The maximum absolute atomic E-state index is 12.1. The molecule has 1 rings (SSSR count). The Morgan fingerprint density at radius 3 is 2.70 bits per heavy atom. The van der Waals surface area contributed by atoms with Gasteiger partial charge in [0.15, 0.2) is 0 Å². The Hall–Kier alpha value is -1.61. The van der Waals surface area contributed by atoms with E-state index in [1.54, 1.807) is 34.1 Å². The molecule has 8 nitrogen and oxygen atoms in total. The van der Waals surface area contributed by atoms with Crippen molar-refractivity contribution in [3.8, 4) is 0 Å². The van der Waals surface area contributed by atoms with E-state index in [9.17, 15) is 9.59 Å². The Labute approximate surface area is 143 Å². The normalized spacial score (nSPS) is 11.2. The maximum Gasteiger partial charge on any atom is 0.407 e. The number of nitrogens with one attached hydrogen (secondary N) is 2. The van der Waals surface area contributed by atoms with E-state index < -0.39 is 11.7 Å². The fourth-order valence-corrected chi connectivity index (χ4v) is 2.05. The Bertz CT molecular complexity index is 583. The van der Waals surface area contributed by atoms with Crippen molar-refractivity contribution < 1.29 is 14.3 Å². The van der Waals surface area contributed by atoms with Gasteiger partial charge in [-0.2, -0.15) is 5.10 Å². The van der Waals surface area contributed by atoms with Crippen molar-refractivity contribution in [3.05, 3.63) is 21.0 Å². The molecule has 0 unspecified atom stereocenters. The van der Waals surface area contributed by atoms with Crippen LogP contribution in [0.15, 0.2) is 15.5 Å². The molecule has 0 bridgehead atoms. The molecular formula is C14H23BrN4O4. The SMILES string of the molecule is COCCn1ncc(NCCNC(=O)OC(C)(C)C)c(Br)c1=O. The van der Waals surface area contributed by atoms with Gasteiger partial charge in [0.2, 0.25) is 0 Å². The molecule has 1 aromatic rings. The number of hydrogen-bond donors (Lipinski definition) is 2. The number of carbonyl (C=O) groups excluding carboxylic acids is 1. The van der Waals surface area contributed by atoms with Gasteiger partial charge in [0.25, 0.3) is 5.56 Å². The van der Waals surface area contributed by atoms with Gasteiger partial charge in [-0.05, 0) is 36.7 Å². The van der Waals surface area contributed by atoms with Gasteiger partial charge in [-0.25, -0.2) is 9.48 Å². The average Bonchev–Trinajstić information content (AvgIpc) is 2.45. The van der Waals surface area contributed by atoms with E-state index in [2.05, 4.69) is 31.7 Å². The molecule has 0 saturated carbocycles. The summed E-state index contributed by atoms with van der Waals surface area (Å²) in [5.74, 6) is 0. The van der Waals surface area contributed by atoms with Crippen molar-refractivity contribution >= 4 is 27.7 Å². The van der Waals surface area contributed by atoms with Gasteiger partial charge in [0.05, 0.1) is 25.0 Å². The number of nitrogens with zero attached hydrogens (tertiary/aromatic N) is 2. The third kappa shape index (κ3) is 7.00. The highest BCUT2D eigenvalue weighted by molar-refractivity contribution is 9.10. The summed E-state index contributed by atoms with van der Waals surface area (Å²) < 4.78 is 11.8. The van der Waals surface area contributed by atoms with Crippen molar-refractivity contribution in [1.29, 1.82) is 0 Å². The number of amides is 1. The summed E-state index contributed by atoms with van der Waals surface area (Å²) in [7, 11) is 1.56. The van der Waals surface area contributed by atoms with E-state index in [1.807, 2.05) is 0 Å². The molecule has 0 atom stereocenters. The van der Waals surface area contributed by atoms with Crippen molar-refractivity contribution in [2.75, 3.05) is 32.1 Å². The highest BCUT2D eigenvalue weighted by Gasteiger charge is 2.15. The van der Waals surface area contributed by atoms with Crippen LogP contribution >= 0.6 is 15.9 Å². The van der Waals surface area contributed by atoms with Crippen LogP contribution in [0.1, 0.15) is 20.8 Å². The number of alkyl carbamates (subject to hydrolysis) is 1. The van der Waals surface area contributed by atoms with Gasteiger partial charge >= 0.3 is 6.09 Å². The van der Waals surface area contributed by atoms with Gasteiger partial charge in [0, 0.05) is 20.2 Å². The van der Waals surface area contributed by atoms with Crippen LogP contribution in [-0.2, 0) is 16.0 Å². The van der Waals surface area contributed by atoms with E-state index >= 15 is 0 Å². The molecule has 0 spiro atoms. The molecule has 1 heterocycles. The van der Waals surface area contributed by atoms with Crippen molar-refractivity contribution in [1.82, 2.24) is 15.1 Å². The van der Waals surface area contributed by atoms with Gasteiger partial charge in [-0.15, -0.1) is 0 Å². The number of ether oxygens (including phenoxy) is 2. The fraction of sp³-hybridized carbons (Fsp3) is 0.643. The number of hydrogen-bond acceptors (Lipinski definition) is 6. The van der Waals surface area contributed by atoms with Gasteiger partial charge in [-0.1, -0.05) is 0 Å². The molecule has 1 aromatic heterocycles. The smallest absolute Gasteiger partial charge is 0.407 e. The Morgan fingerprint density at radius 1 is 1.39 bits per heavy atom. The van der Waals surface area contributed by atoms with Crippen LogP contribution in [-0.4, -0.2) is 48.3 Å². The van der Waals surface area contributed by atoms with Crippen molar-refractivity contribution in [2.45, 2.75) is 32.9 Å². The lowest BCUT2D eigenvalue weighted by atomic mass is 10.2. The monoisotopic (exact) mass is 390 g/mol. The van der Waals surface area contributed by atoms with Crippen LogP contribution in [0.5, 0.6) is 0 Å². The maximum atomic E-state index is 12.1. The quantitative estimate of drug-likeness (QED) is 0.686. The highest BCUT2D eigenvalue weighted by Crippen LogP contribution is 2.15. The minimum absolute atomic E-state index is 0.243. The summed E-state index contributed by atoms with van der Waals surface area (Å²) in [6, 6.07) is 0. The Balaban J connectivity index is 2.48. The molecular weight excluding hydrogens is 368 g/mol. The molecule has 1 amide bonds. The summed E-state index contributed by atoms with van der Waals surface area (Å²) >= 11 is 3.26. The van der Waals surface area contributed by atoms with E-state index in [4.69, 9.17) is 9.47 Å². The summed E-state index contributed by atoms with van der Waals surface area (Å²) in [6.45, 7) is 6.97. The van der Waals surface area contributed by atoms with Crippen molar-refractivity contribution in [3.63, 3.8) is 0 Å². The average molecular weight is 391 g/mol. The third-order valence-electron chi connectivity index (χ3n) is 2.60. The molecule has 0 radical (unpaired) electrons. The van der Waals surface area contributed by atoms with E-state index in [0.717, 1.165) is 0 Å². The lowest BCUT2D eigenvalue weighted by Gasteiger charge is -2.19. The molecule has 0 aliphatic carbocycles. The molecule has 0 fully saturated rings. The lowest BCUT2D eigenvalue weighted by Crippen LogP contribution is -2.35. The second-order valence-corrected chi connectivity index (χ2v) is 6.54. The first-order valence-corrected chi connectivity index (χ1v) is 7.99. The van der Waals surface area contributed by atoms with Crippen molar-refractivity contribution in [2.24, 2.45) is 0 Å². The first-order chi connectivity index (χ1) is 10.7. The summed E-state index contributed by atoms with van der Waals surface area (Å²) in [5.41, 5.74) is -0.209. The molecule has 9 heteroatoms. The summed E-state index contributed by atoms with van der Waals surface area (Å²) in [5, 5.41) is 9.71. The van der Waals surface area contributed by atoms with Gasteiger partial charge in [0.1, 0.15) is 10.1 Å². The van der Waals surface area contributed by atoms with Crippen LogP contribution in [0.3, 0.4) is 0 Å². The molecule has 0 aromatic carbocycles. The number of methoxy groups -OCH3 is 1.